The van der Waals surface area contributed by atoms with E-state index in [1.807, 2.05) is 17.3 Å². The predicted octanol–water partition coefficient (Wildman–Crippen LogP) is 1.69. The van der Waals surface area contributed by atoms with Gasteiger partial charge in [0.1, 0.15) is 0 Å². The summed E-state index contributed by atoms with van der Waals surface area (Å²) >= 11 is 1.65. The van der Waals surface area contributed by atoms with Gasteiger partial charge in [-0.1, -0.05) is 0 Å². The molecule has 2 aliphatic rings. The fraction of sp³-hybridized carbons (Fsp3) is 0.692. The number of nitrogens with zero attached hydrogens (tertiary/aromatic N) is 2. The molecule has 1 saturated carbocycles. The first-order valence-electron chi connectivity index (χ1n) is 6.68. The second-order valence-corrected chi connectivity index (χ2v) is 6.20. The quantitative estimate of drug-likeness (QED) is 0.901. The first-order chi connectivity index (χ1) is 8.74. The minimum Gasteiger partial charge on any atom is -0.336 e. The molecule has 0 radical (unpaired) electrons. The molecular weight excluding hydrogens is 246 g/mol. The number of carbonyl (C=O) groups is 1. The minimum atomic E-state index is 0.0551. The Hall–Kier alpha value is -0.940. The van der Waals surface area contributed by atoms with E-state index in [1.54, 1.807) is 11.3 Å². The topological polar surface area (TPSA) is 45.2 Å². The molecule has 4 nitrogen and oxygen atoms in total. The van der Waals surface area contributed by atoms with Gasteiger partial charge in [-0.15, -0.1) is 11.3 Å². The zero-order chi connectivity index (χ0) is 12.5. The lowest BCUT2D eigenvalue weighted by Crippen LogP contribution is -2.50. The Morgan fingerprint density at radius 3 is 3.00 bits per heavy atom. The normalized spacial score (nSPS) is 24.6. The fourth-order valence-corrected chi connectivity index (χ4v) is 3.23. The van der Waals surface area contributed by atoms with Crippen molar-refractivity contribution in [2.24, 2.45) is 0 Å². The molecule has 5 heteroatoms. The van der Waals surface area contributed by atoms with E-state index in [0.29, 0.717) is 6.04 Å². The van der Waals surface area contributed by atoms with E-state index in [2.05, 4.69) is 10.3 Å². The molecule has 0 aromatic carbocycles. The van der Waals surface area contributed by atoms with Crippen LogP contribution in [0.15, 0.2) is 5.51 Å². The number of hydrogen-bond donors (Lipinski definition) is 1. The highest BCUT2D eigenvalue weighted by molar-refractivity contribution is 7.09. The molecule has 1 atom stereocenters. The number of aryl methyl sites for hydroxylation is 1. The number of rotatable bonds is 4. The summed E-state index contributed by atoms with van der Waals surface area (Å²) in [5.74, 6) is 0.279. The largest absolute Gasteiger partial charge is 0.336 e. The third kappa shape index (κ3) is 2.57. The molecule has 2 fully saturated rings. The first-order valence-corrected chi connectivity index (χ1v) is 7.56. The van der Waals surface area contributed by atoms with Crippen LogP contribution in [0.3, 0.4) is 0 Å². The van der Waals surface area contributed by atoms with Crippen molar-refractivity contribution in [3.63, 3.8) is 0 Å². The van der Waals surface area contributed by atoms with Gasteiger partial charge in [-0.05, 0) is 32.6 Å². The van der Waals surface area contributed by atoms with Crippen LogP contribution in [0.5, 0.6) is 0 Å². The maximum Gasteiger partial charge on any atom is 0.240 e. The zero-order valence-electron chi connectivity index (χ0n) is 10.7. The number of aromatic nitrogens is 1. The van der Waals surface area contributed by atoms with Crippen molar-refractivity contribution in [2.75, 3.05) is 6.54 Å². The Labute approximate surface area is 111 Å². The number of nitrogens with one attached hydrogen (secondary N) is 1. The van der Waals surface area contributed by atoms with Gasteiger partial charge in [-0.3, -0.25) is 4.79 Å². The Morgan fingerprint density at radius 2 is 2.33 bits per heavy atom. The summed E-state index contributed by atoms with van der Waals surface area (Å²) in [5, 5.41) is 3.46. The third-order valence-corrected chi connectivity index (χ3v) is 4.64. The van der Waals surface area contributed by atoms with Crippen molar-refractivity contribution in [3.05, 3.63) is 16.1 Å². The molecule has 1 aromatic rings. The van der Waals surface area contributed by atoms with Crippen LogP contribution < -0.4 is 5.32 Å². The van der Waals surface area contributed by atoms with Crippen LogP contribution in [-0.2, 0) is 11.3 Å². The second-order valence-electron chi connectivity index (χ2n) is 5.26. The van der Waals surface area contributed by atoms with Gasteiger partial charge in [0.05, 0.1) is 23.8 Å². The lowest BCUT2D eigenvalue weighted by Gasteiger charge is -2.32. The molecular formula is C13H19N3OS. The highest BCUT2D eigenvalue weighted by Gasteiger charge is 2.33. The lowest BCUT2D eigenvalue weighted by molar-refractivity contribution is -0.136. The number of amides is 1. The average Bonchev–Trinajstić information content (AvgIpc) is 3.08. The molecule has 1 aliphatic carbocycles. The van der Waals surface area contributed by atoms with E-state index in [4.69, 9.17) is 0 Å². The highest BCUT2D eigenvalue weighted by Crippen LogP contribution is 2.24. The smallest absolute Gasteiger partial charge is 0.240 e. The third-order valence-electron chi connectivity index (χ3n) is 3.72. The van der Waals surface area contributed by atoms with Crippen molar-refractivity contribution in [1.82, 2.24) is 15.2 Å². The molecule has 3 rings (SSSR count). The number of carbonyl (C=O) groups excluding carboxylic acids is 1. The molecule has 1 unspecified atom stereocenters. The van der Waals surface area contributed by atoms with Crippen LogP contribution in [0.4, 0.5) is 0 Å². The van der Waals surface area contributed by atoms with Crippen LogP contribution >= 0.6 is 11.3 Å². The van der Waals surface area contributed by atoms with Crippen molar-refractivity contribution in [3.8, 4) is 0 Å². The van der Waals surface area contributed by atoms with Gasteiger partial charge in [-0.2, -0.15) is 0 Å². The molecule has 1 amide bonds. The lowest BCUT2D eigenvalue weighted by atomic mass is 10.0. The standard InChI is InChI=1S/C13H19N3OS/c1-9-12(18-8-14-9)7-16-6-2-3-11(13(16)17)15-10-4-5-10/h8,10-11,15H,2-7H2,1H3. The maximum atomic E-state index is 12.4. The van der Waals surface area contributed by atoms with E-state index in [1.165, 1.54) is 17.7 Å². The first kappa shape index (κ1) is 12.1. The Morgan fingerprint density at radius 1 is 1.50 bits per heavy atom. The average molecular weight is 265 g/mol. The van der Waals surface area contributed by atoms with E-state index < -0.39 is 0 Å². The summed E-state index contributed by atoms with van der Waals surface area (Å²) in [7, 11) is 0. The van der Waals surface area contributed by atoms with Crippen LogP contribution in [0.2, 0.25) is 0 Å². The number of piperidine rings is 1. The molecule has 1 N–H and O–H groups in total. The van der Waals surface area contributed by atoms with Gasteiger partial charge in [0.15, 0.2) is 0 Å². The van der Waals surface area contributed by atoms with Gasteiger partial charge in [0.25, 0.3) is 0 Å². The van der Waals surface area contributed by atoms with E-state index in [-0.39, 0.29) is 11.9 Å². The Kier molecular flexibility index (Phi) is 3.35. The minimum absolute atomic E-state index is 0.0551. The molecule has 1 saturated heterocycles. The van der Waals surface area contributed by atoms with E-state index in [9.17, 15) is 4.79 Å². The fourth-order valence-electron chi connectivity index (χ4n) is 2.44. The molecule has 1 aliphatic heterocycles. The van der Waals surface area contributed by atoms with Crippen LogP contribution in [-0.4, -0.2) is 34.4 Å². The molecule has 0 bridgehead atoms. The Balaban J connectivity index is 1.64. The highest BCUT2D eigenvalue weighted by atomic mass is 32.1. The van der Waals surface area contributed by atoms with Crippen molar-refractivity contribution in [1.29, 1.82) is 0 Å². The Bertz CT molecular complexity index is 441. The molecule has 18 heavy (non-hydrogen) atoms. The van der Waals surface area contributed by atoms with Gasteiger partial charge >= 0.3 is 0 Å². The van der Waals surface area contributed by atoms with Crippen molar-refractivity contribution >= 4 is 17.2 Å². The monoisotopic (exact) mass is 265 g/mol. The zero-order valence-corrected chi connectivity index (χ0v) is 11.5. The van der Waals surface area contributed by atoms with Gasteiger partial charge in [0, 0.05) is 17.5 Å². The SMILES string of the molecule is Cc1ncsc1CN1CCCC(NC2CC2)C1=O. The molecule has 98 valence electrons. The maximum absolute atomic E-state index is 12.4. The van der Waals surface area contributed by atoms with E-state index in [0.717, 1.165) is 31.6 Å². The van der Waals surface area contributed by atoms with Crippen LogP contribution in [0.1, 0.15) is 36.3 Å². The van der Waals surface area contributed by atoms with Gasteiger partial charge in [-0.25, -0.2) is 4.98 Å². The van der Waals surface area contributed by atoms with Crippen LogP contribution in [0, 0.1) is 6.92 Å². The summed E-state index contributed by atoms with van der Waals surface area (Å²) in [6.07, 6.45) is 4.57. The number of thiazole rings is 1. The molecule has 0 spiro atoms. The summed E-state index contributed by atoms with van der Waals surface area (Å²) in [5.41, 5.74) is 2.92. The summed E-state index contributed by atoms with van der Waals surface area (Å²) in [6, 6.07) is 0.656. The van der Waals surface area contributed by atoms with Gasteiger partial charge in [0.2, 0.25) is 5.91 Å². The van der Waals surface area contributed by atoms with Gasteiger partial charge < -0.3 is 10.2 Å². The summed E-state index contributed by atoms with van der Waals surface area (Å²) in [6.45, 7) is 3.64. The second kappa shape index (κ2) is 4.97. The summed E-state index contributed by atoms with van der Waals surface area (Å²) < 4.78 is 0. The molecule has 2 heterocycles. The summed E-state index contributed by atoms with van der Waals surface area (Å²) in [4.78, 5) is 19.8. The molecule has 1 aromatic heterocycles. The van der Waals surface area contributed by atoms with Crippen molar-refractivity contribution in [2.45, 2.75) is 51.2 Å². The van der Waals surface area contributed by atoms with Crippen molar-refractivity contribution < 1.29 is 4.79 Å². The number of hydrogen-bond acceptors (Lipinski definition) is 4. The predicted molar refractivity (Wildman–Crippen MR) is 71.4 cm³/mol. The van der Waals surface area contributed by atoms with Crippen LogP contribution in [0.25, 0.3) is 0 Å². The number of likely N-dealkylation sites (tertiary alicyclic amines) is 1. The van der Waals surface area contributed by atoms with E-state index >= 15 is 0 Å².